The summed E-state index contributed by atoms with van der Waals surface area (Å²) in [4.78, 5) is 56.4. The molecule has 0 heterocycles. The Morgan fingerprint density at radius 3 is 1.59 bits per heavy atom. The van der Waals surface area contributed by atoms with Gasteiger partial charge < -0.3 is 19.3 Å². The normalized spacial score (nSPS) is 14.2. The number of ketones is 2. The van der Waals surface area contributed by atoms with Crippen molar-refractivity contribution in [1.82, 2.24) is 0 Å². The molecule has 0 aliphatic carbocycles. The maximum Gasteiger partial charge on any atom is 0.303 e. The molecule has 0 radical (unpaired) electrons. The molecule has 0 rings (SSSR count). The van der Waals surface area contributed by atoms with Gasteiger partial charge >= 0.3 is 17.9 Å². The van der Waals surface area contributed by atoms with E-state index in [-0.39, 0.29) is 0 Å². The molecule has 0 unspecified atom stereocenters. The van der Waals surface area contributed by atoms with Crippen LogP contribution < -0.4 is 0 Å². The Labute approximate surface area is 126 Å². The number of ether oxygens (including phenoxy) is 3. The molecule has 22 heavy (non-hydrogen) atoms. The van der Waals surface area contributed by atoms with Crippen LogP contribution in [0.15, 0.2) is 0 Å². The van der Waals surface area contributed by atoms with Crippen LogP contribution >= 0.6 is 0 Å². The summed E-state index contributed by atoms with van der Waals surface area (Å²) in [5.41, 5.74) is 0. The summed E-state index contributed by atoms with van der Waals surface area (Å²) < 4.78 is 14.3. The number of rotatable bonds is 8. The molecule has 0 aromatic heterocycles. The van der Waals surface area contributed by atoms with Crippen LogP contribution in [0.25, 0.3) is 0 Å². The lowest BCUT2D eigenvalue weighted by Crippen LogP contribution is -2.51. The molecule has 0 aromatic carbocycles. The fraction of sp³-hybridized carbons (Fsp3) is 0.615. The fourth-order valence-electron chi connectivity index (χ4n) is 1.59. The van der Waals surface area contributed by atoms with Crippen LogP contribution in [-0.2, 0) is 38.2 Å². The first-order valence-electron chi connectivity index (χ1n) is 6.27. The lowest BCUT2D eigenvalue weighted by Gasteiger charge is -2.29. The van der Waals surface area contributed by atoms with Gasteiger partial charge in [0, 0.05) is 27.7 Å². The van der Waals surface area contributed by atoms with E-state index in [4.69, 9.17) is 14.2 Å². The number of esters is 3. The molecule has 3 atom stereocenters. The van der Waals surface area contributed by atoms with Crippen molar-refractivity contribution in [1.29, 1.82) is 0 Å². The van der Waals surface area contributed by atoms with Crippen LogP contribution in [0, 0.1) is 0 Å². The van der Waals surface area contributed by atoms with Gasteiger partial charge in [0.25, 0.3) is 0 Å². The van der Waals surface area contributed by atoms with Crippen molar-refractivity contribution >= 4 is 29.5 Å². The zero-order chi connectivity index (χ0) is 17.4. The second kappa shape index (κ2) is 8.88. The van der Waals surface area contributed by atoms with Crippen molar-refractivity contribution < 1.29 is 43.3 Å². The van der Waals surface area contributed by atoms with E-state index in [0.29, 0.717) is 0 Å². The number of aliphatic hydroxyl groups excluding tert-OH is 1. The third-order valence-electron chi connectivity index (χ3n) is 2.36. The molecule has 0 amide bonds. The minimum atomic E-state index is -1.82. The maximum absolute atomic E-state index is 11.9. The topological polar surface area (TPSA) is 133 Å². The van der Waals surface area contributed by atoms with E-state index in [9.17, 15) is 29.1 Å². The highest BCUT2D eigenvalue weighted by molar-refractivity contribution is 6.38. The summed E-state index contributed by atoms with van der Waals surface area (Å²) in [5.74, 6) is -4.75. The largest absolute Gasteiger partial charge is 0.456 e. The Morgan fingerprint density at radius 1 is 0.818 bits per heavy atom. The van der Waals surface area contributed by atoms with Crippen LogP contribution in [0.3, 0.4) is 0 Å². The summed E-state index contributed by atoms with van der Waals surface area (Å²) in [6.45, 7) is 3.12. The quantitative estimate of drug-likeness (QED) is 0.337. The number of hydrogen-bond donors (Lipinski definition) is 1. The lowest BCUT2D eigenvalue weighted by molar-refractivity contribution is -0.188. The number of carbonyl (C=O) groups is 5. The number of carbonyl (C=O) groups excluding carboxylic acids is 5. The molecule has 0 fully saturated rings. The monoisotopic (exact) mass is 318 g/mol. The molecular formula is C13H18O9. The number of Topliss-reactive ketones (excluding diaryl/α,β-unsaturated/α-hetero) is 2. The average molecular weight is 318 g/mol. The van der Waals surface area contributed by atoms with E-state index >= 15 is 0 Å². The number of hydrogen-bond acceptors (Lipinski definition) is 9. The SMILES string of the molecule is CC(=O)O[C@@H]([C@H](CO)OC(C)=O)[C@@H](OC(C)=O)C(=O)C(C)=O. The zero-order valence-corrected chi connectivity index (χ0v) is 12.7. The van der Waals surface area contributed by atoms with E-state index in [1.807, 2.05) is 0 Å². The molecule has 124 valence electrons. The molecular weight excluding hydrogens is 300 g/mol. The first kappa shape index (κ1) is 19.7. The number of aliphatic hydroxyl groups is 1. The van der Waals surface area contributed by atoms with Gasteiger partial charge in [-0.3, -0.25) is 24.0 Å². The molecule has 0 spiro atoms. The van der Waals surface area contributed by atoms with Gasteiger partial charge in [-0.05, 0) is 0 Å². The van der Waals surface area contributed by atoms with Crippen molar-refractivity contribution in [2.45, 2.75) is 46.0 Å². The average Bonchev–Trinajstić information content (AvgIpc) is 2.38. The van der Waals surface area contributed by atoms with Gasteiger partial charge in [-0.25, -0.2) is 0 Å². The molecule has 0 bridgehead atoms. The van der Waals surface area contributed by atoms with Crippen LogP contribution in [0.1, 0.15) is 27.7 Å². The minimum absolute atomic E-state index is 0.819. The predicted octanol–water partition coefficient (Wildman–Crippen LogP) is -1.07. The highest BCUT2D eigenvalue weighted by Crippen LogP contribution is 2.15. The second-order valence-electron chi connectivity index (χ2n) is 4.35. The highest BCUT2D eigenvalue weighted by atomic mass is 16.6. The van der Waals surface area contributed by atoms with Gasteiger partial charge in [-0.1, -0.05) is 0 Å². The smallest absolute Gasteiger partial charge is 0.303 e. The first-order valence-corrected chi connectivity index (χ1v) is 6.27. The Balaban J connectivity index is 5.65. The molecule has 0 saturated carbocycles. The summed E-state index contributed by atoms with van der Waals surface area (Å²) in [5, 5.41) is 9.26. The Bertz CT molecular complexity index is 468. The molecule has 0 saturated heterocycles. The van der Waals surface area contributed by atoms with E-state index < -0.39 is 54.4 Å². The Kier molecular flexibility index (Phi) is 7.95. The summed E-state index contributed by atoms with van der Waals surface area (Å²) >= 11 is 0. The van der Waals surface area contributed by atoms with Crippen molar-refractivity contribution in [2.75, 3.05) is 6.61 Å². The van der Waals surface area contributed by atoms with Crippen LogP contribution in [0.5, 0.6) is 0 Å². The van der Waals surface area contributed by atoms with Crippen LogP contribution in [0.4, 0.5) is 0 Å². The molecule has 0 aliphatic heterocycles. The molecule has 0 aromatic rings. The van der Waals surface area contributed by atoms with E-state index in [2.05, 4.69) is 0 Å². The molecule has 9 heteroatoms. The second-order valence-corrected chi connectivity index (χ2v) is 4.35. The van der Waals surface area contributed by atoms with Crippen LogP contribution in [-0.4, -0.2) is 59.5 Å². The predicted molar refractivity (Wildman–Crippen MR) is 69.4 cm³/mol. The third kappa shape index (κ3) is 6.44. The summed E-state index contributed by atoms with van der Waals surface area (Å²) in [6, 6.07) is 0. The standard InChI is InChI=1S/C13H18O9/c1-6(15)11(19)13(22-9(4)18)12(21-8(3)17)10(5-14)20-7(2)16/h10,12-14H,5H2,1-4H3/t10-,12-,13-/m0/s1. The Morgan fingerprint density at radius 2 is 1.27 bits per heavy atom. The molecule has 0 aliphatic rings. The Hall–Kier alpha value is -2.29. The van der Waals surface area contributed by atoms with Gasteiger partial charge in [0.2, 0.25) is 11.9 Å². The zero-order valence-electron chi connectivity index (χ0n) is 12.7. The lowest BCUT2D eigenvalue weighted by atomic mass is 10.0. The van der Waals surface area contributed by atoms with Crippen LogP contribution in [0.2, 0.25) is 0 Å². The summed E-state index contributed by atoms with van der Waals surface area (Å²) in [6.07, 6.45) is -4.95. The first-order chi connectivity index (χ1) is 10.1. The van der Waals surface area contributed by atoms with Gasteiger partial charge in [0.15, 0.2) is 18.0 Å². The van der Waals surface area contributed by atoms with E-state index in [1.165, 1.54) is 0 Å². The van der Waals surface area contributed by atoms with Crippen molar-refractivity contribution in [3.8, 4) is 0 Å². The molecule has 9 nitrogen and oxygen atoms in total. The third-order valence-corrected chi connectivity index (χ3v) is 2.36. The van der Waals surface area contributed by atoms with Crippen molar-refractivity contribution in [3.63, 3.8) is 0 Å². The summed E-state index contributed by atoms with van der Waals surface area (Å²) in [7, 11) is 0. The minimum Gasteiger partial charge on any atom is -0.456 e. The maximum atomic E-state index is 11.9. The molecule has 1 N–H and O–H groups in total. The van der Waals surface area contributed by atoms with Crippen molar-refractivity contribution in [2.24, 2.45) is 0 Å². The fourth-order valence-corrected chi connectivity index (χ4v) is 1.59. The highest BCUT2D eigenvalue weighted by Gasteiger charge is 2.42. The van der Waals surface area contributed by atoms with E-state index in [1.54, 1.807) is 0 Å². The van der Waals surface area contributed by atoms with Gasteiger partial charge in [-0.15, -0.1) is 0 Å². The van der Waals surface area contributed by atoms with Crippen molar-refractivity contribution in [3.05, 3.63) is 0 Å². The van der Waals surface area contributed by atoms with Gasteiger partial charge in [-0.2, -0.15) is 0 Å². The van der Waals surface area contributed by atoms with Gasteiger partial charge in [0.05, 0.1) is 6.61 Å². The van der Waals surface area contributed by atoms with Gasteiger partial charge in [0.1, 0.15) is 0 Å². The van der Waals surface area contributed by atoms with E-state index in [0.717, 1.165) is 27.7 Å².